The van der Waals surface area contributed by atoms with Crippen molar-refractivity contribution < 1.29 is 14.4 Å². The molecule has 0 atom stereocenters. The second-order valence-corrected chi connectivity index (χ2v) is 2.38. The molecule has 1 N–H and O–H groups in total. The van der Waals surface area contributed by atoms with E-state index in [9.17, 15) is 9.59 Å². The van der Waals surface area contributed by atoms with E-state index in [0.29, 0.717) is 11.1 Å². The number of hydroxylamine groups is 1. The van der Waals surface area contributed by atoms with Crippen molar-refractivity contribution in [3.63, 3.8) is 0 Å². The minimum atomic E-state index is -0.333. The van der Waals surface area contributed by atoms with Gasteiger partial charge < -0.3 is 0 Å². The van der Waals surface area contributed by atoms with E-state index >= 15 is 0 Å². The van der Waals surface area contributed by atoms with Crippen molar-refractivity contribution in [2.45, 2.75) is 0 Å². The number of nitrogens with one attached hydrogen (secondary N) is 1. The Bertz CT molecular complexity index is 305. The first-order chi connectivity index (χ1) is 6.27. The van der Waals surface area contributed by atoms with Crippen LogP contribution < -0.4 is 5.48 Å². The molecular weight excluding hydrogens is 170 g/mol. The summed E-state index contributed by atoms with van der Waals surface area (Å²) in [5.74, 6) is -0.333. The molecule has 0 radical (unpaired) electrons. The van der Waals surface area contributed by atoms with Gasteiger partial charge in [0.1, 0.15) is 6.29 Å². The van der Waals surface area contributed by atoms with Crippen LogP contribution in [0.15, 0.2) is 24.3 Å². The standard InChI is InChI=1S/C9H9NO3/c1-13-10-9(12)8-4-2-7(6-11)3-5-8/h2-6H,1H3,(H,10,12). The summed E-state index contributed by atoms with van der Waals surface area (Å²) in [5.41, 5.74) is 3.16. The molecule has 0 aliphatic rings. The second kappa shape index (κ2) is 4.37. The number of rotatable bonds is 3. The van der Waals surface area contributed by atoms with Crippen LogP contribution in [0.1, 0.15) is 20.7 Å². The normalized spacial score (nSPS) is 9.31. The molecule has 68 valence electrons. The summed E-state index contributed by atoms with van der Waals surface area (Å²) in [4.78, 5) is 25.9. The molecule has 1 aromatic rings. The molecule has 1 aromatic carbocycles. The molecule has 0 aliphatic heterocycles. The van der Waals surface area contributed by atoms with E-state index in [-0.39, 0.29) is 5.91 Å². The van der Waals surface area contributed by atoms with Crippen LogP contribution in [0.5, 0.6) is 0 Å². The smallest absolute Gasteiger partial charge is 0.274 e. The number of benzene rings is 1. The minimum Gasteiger partial charge on any atom is -0.298 e. The van der Waals surface area contributed by atoms with Crippen molar-refractivity contribution in [1.82, 2.24) is 5.48 Å². The fourth-order valence-electron chi connectivity index (χ4n) is 0.865. The number of hydrogen-bond acceptors (Lipinski definition) is 3. The maximum atomic E-state index is 11.1. The number of hydrogen-bond donors (Lipinski definition) is 1. The largest absolute Gasteiger partial charge is 0.298 e. The molecule has 4 heteroatoms. The van der Waals surface area contributed by atoms with Crippen molar-refractivity contribution in [2.75, 3.05) is 7.11 Å². The molecule has 0 saturated heterocycles. The first kappa shape index (κ1) is 9.41. The zero-order valence-electron chi connectivity index (χ0n) is 7.11. The summed E-state index contributed by atoms with van der Waals surface area (Å²) in [7, 11) is 1.36. The molecule has 0 unspecified atom stereocenters. The molecule has 0 spiro atoms. The number of carbonyl (C=O) groups is 2. The Morgan fingerprint density at radius 3 is 2.46 bits per heavy atom. The predicted octanol–water partition coefficient (Wildman–Crippen LogP) is 0.790. The van der Waals surface area contributed by atoms with Crippen molar-refractivity contribution in [1.29, 1.82) is 0 Å². The van der Waals surface area contributed by atoms with E-state index in [4.69, 9.17) is 0 Å². The van der Waals surface area contributed by atoms with Gasteiger partial charge >= 0.3 is 0 Å². The fourth-order valence-corrected chi connectivity index (χ4v) is 0.865. The Balaban J connectivity index is 2.79. The van der Waals surface area contributed by atoms with E-state index in [0.717, 1.165) is 6.29 Å². The van der Waals surface area contributed by atoms with E-state index < -0.39 is 0 Å². The van der Waals surface area contributed by atoms with Gasteiger partial charge in [0, 0.05) is 11.1 Å². The summed E-state index contributed by atoms with van der Waals surface area (Å²) in [6, 6.07) is 6.24. The van der Waals surface area contributed by atoms with Crippen molar-refractivity contribution in [2.24, 2.45) is 0 Å². The third kappa shape index (κ3) is 2.38. The summed E-state index contributed by atoms with van der Waals surface area (Å²) in [6.45, 7) is 0. The van der Waals surface area contributed by atoms with Crippen LogP contribution in [-0.2, 0) is 4.84 Å². The van der Waals surface area contributed by atoms with E-state index in [2.05, 4.69) is 10.3 Å². The highest BCUT2D eigenvalue weighted by Crippen LogP contribution is 2.01. The van der Waals surface area contributed by atoms with Crippen LogP contribution >= 0.6 is 0 Å². The number of carbonyl (C=O) groups excluding carboxylic acids is 2. The van der Waals surface area contributed by atoms with Crippen molar-refractivity contribution in [3.8, 4) is 0 Å². The molecule has 1 amide bonds. The third-order valence-corrected chi connectivity index (χ3v) is 1.50. The molecule has 1 rings (SSSR count). The Kier molecular flexibility index (Phi) is 3.16. The zero-order valence-corrected chi connectivity index (χ0v) is 7.11. The Hall–Kier alpha value is -1.68. The van der Waals surface area contributed by atoms with Gasteiger partial charge in [0.05, 0.1) is 7.11 Å². The van der Waals surface area contributed by atoms with Crippen molar-refractivity contribution >= 4 is 12.2 Å². The quantitative estimate of drug-likeness (QED) is 0.551. The molecule has 0 saturated carbocycles. The van der Waals surface area contributed by atoms with Gasteiger partial charge in [-0.3, -0.25) is 14.4 Å². The van der Waals surface area contributed by atoms with Crippen LogP contribution in [-0.4, -0.2) is 19.3 Å². The highest BCUT2D eigenvalue weighted by molar-refractivity contribution is 5.94. The first-order valence-electron chi connectivity index (χ1n) is 3.66. The molecule has 0 heterocycles. The lowest BCUT2D eigenvalue weighted by Crippen LogP contribution is -2.21. The van der Waals surface area contributed by atoms with Gasteiger partial charge in [0.25, 0.3) is 5.91 Å². The number of amides is 1. The third-order valence-electron chi connectivity index (χ3n) is 1.50. The summed E-state index contributed by atoms with van der Waals surface area (Å²) >= 11 is 0. The molecular formula is C9H9NO3. The van der Waals surface area contributed by atoms with Gasteiger partial charge in [-0.25, -0.2) is 5.48 Å². The monoisotopic (exact) mass is 179 g/mol. The van der Waals surface area contributed by atoms with Crippen LogP contribution in [0.2, 0.25) is 0 Å². The molecule has 4 nitrogen and oxygen atoms in total. The number of aldehydes is 1. The molecule has 0 aromatic heterocycles. The summed E-state index contributed by atoms with van der Waals surface area (Å²) in [6.07, 6.45) is 0.720. The molecule has 13 heavy (non-hydrogen) atoms. The Morgan fingerprint density at radius 1 is 1.38 bits per heavy atom. The van der Waals surface area contributed by atoms with Gasteiger partial charge in [-0.05, 0) is 12.1 Å². The lowest BCUT2D eigenvalue weighted by Gasteiger charge is -2.00. The first-order valence-corrected chi connectivity index (χ1v) is 3.66. The average Bonchev–Trinajstić information content (AvgIpc) is 2.18. The van der Waals surface area contributed by atoms with Crippen LogP contribution in [0.25, 0.3) is 0 Å². The van der Waals surface area contributed by atoms with Crippen LogP contribution in [0, 0.1) is 0 Å². The average molecular weight is 179 g/mol. The maximum Gasteiger partial charge on any atom is 0.274 e. The highest BCUT2D eigenvalue weighted by atomic mass is 16.6. The maximum absolute atomic E-state index is 11.1. The Labute approximate surface area is 75.5 Å². The Morgan fingerprint density at radius 2 is 2.00 bits per heavy atom. The van der Waals surface area contributed by atoms with E-state index in [1.807, 2.05) is 0 Å². The molecule has 0 bridgehead atoms. The molecule has 0 fully saturated rings. The molecule has 0 aliphatic carbocycles. The van der Waals surface area contributed by atoms with Gasteiger partial charge in [0.15, 0.2) is 0 Å². The van der Waals surface area contributed by atoms with Crippen molar-refractivity contribution in [3.05, 3.63) is 35.4 Å². The second-order valence-electron chi connectivity index (χ2n) is 2.38. The topological polar surface area (TPSA) is 55.4 Å². The predicted molar refractivity (Wildman–Crippen MR) is 46.3 cm³/mol. The van der Waals surface area contributed by atoms with E-state index in [1.54, 1.807) is 24.3 Å². The highest BCUT2D eigenvalue weighted by Gasteiger charge is 2.03. The fraction of sp³-hybridized carbons (Fsp3) is 0.111. The van der Waals surface area contributed by atoms with E-state index in [1.165, 1.54) is 7.11 Å². The zero-order chi connectivity index (χ0) is 9.68. The minimum absolute atomic E-state index is 0.333. The lowest BCUT2D eigenvalue weighted by atomic mass is 10.1. The van der Waals surface area contributed by atoms with Gasteiger partial charge in [-0.2, -0.15) is 0 Å². The lowest BCUT2D eigenvalue weighted by molar-refractivity contribution is 0.0537. The summed E-state index contributed by atoms with van der Waals surface area (Å²) in [5, 5.41) is 0. The van der Waals surface area contributed by atoms with Gasteiger partial charge in [0.2, 0.25) is 0 Å². The van der Waals surface area contributed by atoms with Gasteiger partial charge in [-0.1, -0.05) is 12.1 Å². The van der Waals surface area contributed by atoms with Crippen LogP contribution in [0.4, 0.5) is 0 Å². The summed E-state index contributed by atoms with van der Waals surface area (Å²) < 4.78 is 0. The van der Waals surface area contributed by atoms with Crippen LogP contribution in [0.3, 0.4) is 0 Å². The van der Waals surface area contributed by atoms with Gasteiger partial charge in [-0.15, -0.1) is 0 Å². The SMILES string of the molecule is CONC(=O)c1ccc(C=O)cc1.